The number of nitrogens with one attached hydrogen (secondary N) is 1. The number of aromatic amines is 1. The summed E-state index contributed by atoms with van der Waals surface area (Å²) >= 11 is 0. The number of carbonyl (C=O) groups excluding carboxylic acids is 1. The fraction of sp³-hybridized carbons (Fsp3) is 0.429. The molecule has 1 saturated heterocycles. The average molecular weight is 411 g/mol. The Labute approximate surface area is 172 Å². The minimum atomic E-state index is -0.897. The number of hydrogen-bond donors (Lipinski definition) is 2. The first-order valence-electron chi connectivity index (χ1n) is 10.1. The molecule has 2 aromatic heterocycles. The second kappa shape index (κ2) is 7.91. The van der Waals surface area contributed by atoms with E-state index in [2.05, 4.69) is 16.9 Å². The van der Waals surface area contributed by atoms with E-state index in [4.69, 9.17) is 0 Å². The molecule has 1 amide bonds. The molecule has 3 aromatic rings. The van der Waals surface area contributed by atoms with Gasteiger partial charge in [-0.05, 0) is 25.5 Å². The maximum absolute atomic E-state index is 13.1. The van der Waals surface area contributed by atoms with Crippen LogP contribution in [0.3, 0.4) is 0 Å². The van der Waals surface area contributed by atoms with Crippen LogP contribution in [0.2, 0.25) is 0 Å². The summed E-state index contributed by atoms with van der Waals surface area (Å²) < 4.78 is 3.24. The first-order chi connectivity index (χ1) is 14.4. The van der Waals surface area contributed by atoms with E-state index in [9.17, 15) is 19.5 Å². The Kier molecular flexibility index (Phi) is 5.29. The van der Waals surface area contributed by atoms with Crippen LogP contribution >= 0.6 is 0 Å². The van der Waals surface area contributed by atoms with Gasteiger partial charge >= 0.3 is 5.69 Å². The van der Waals surface area contributed by atoms with Crippen LogP contribution in [0.4, 0.5) is 0 Å². The summed E-state index contributed by atoms with van der Waals surface area (Å²) in [5, 5.41) is 10.5. The van der Waals surface area contributed by atoms with Crippen LogP contribution in [-0.2, 0) is 17.8 Å². The lowest BCUT2D eigenvalue weighted by molar-refractivity contribution is -0.131. The lowest BCUT2D eigenvalue weighted by Gasteiger charge is -2.18. The molecule has 2 atom stereocenters. The average Bonchev–Trinajstić information content (AvgIpc) is 3.26. The van der Waals surface area contributed by atoms with E-state index in [0.29, 0.717) is 5.56 Å². The van der Waals surface area contributed by atoms with Crippen molar-refractivity contribution >= 4 is 16.9 Å². The molecule has 9 nitrogen and oxygen atoms in total. The highest BCUT2D eigenvalue weighted by molar-refractivity contribution is 5.81. The van der Waals surface area contributed by atoms with Gasteiger partial charge in [-0.25, -0.2) is 9.78 Å². The summed E-state index contributed by atoms with van der Waals surface area (Å²) in [6, 6.07) is 7.10. The first-order valence-corrected chi connectivity index (χ1v) is 10.1. The van der Waals surface area contributed by atoms with Crippen molar-refractivity contribution in [2.75, 3.05) is 13.1 Å². The summed E-state index contributed by atoms with van der Waals surface area (Å²) in [7, 11) is 0. The number of benzene rings is 1. The first kappa shape index (κ1) is 20.1. The predicted octanol–water partition coefficient (Wildman–Crippen LogP) is 0.592. The second-order valence-electron chi connectivity index (χ2n) is 7.76. The Bertz CT molecular complexity index is 1210. The van der Waals surface area contributed by atoms with Gasteiger partial charge in [-0.2, -0.15) is 0 Å². The molecule has 1 fully saturated rings. The zero-order chi connectivity index (χ0) is 21.4. The molecule has 0 unspecified atom stereocenters. The van der Waals surface area contributed by atoms with Crippen LogP contribution < -0.4 is 11.2 Å². The highest BCUT2D eigenvalue weighted by Crippen LogP contribution is 2.23. The molecule has 1 aliphatic heterocycles. The van der Waals surface area contributed by atoms with E-state index in [1.54, 1.807) is 11.8 Å². The monoisotopic (exact) mass is 411 g/mol. The third-order valence-electron chi connectivity index (χ3n) is 5.62. The molecule has 2 N–H and O–H groups in total. The van der Waals surface area contributed by atoms with Gasteiger partial charge in [0, 0.05) is 31.3 Å². The van der Waals surface area contributed by atoms with Gasteiger partial charge in [0.25, 0.3) is 5.56 Å². The van der Waals surface area contributed by atoms with Gasteiger partial charge in [-0.1, -0.05) is 19.1 Å². The van der Waals surface area contributed by atoms with Gasteiger partial charge in [-0.15, -0.1) is 0 Å². The van der Waals surface area contributed by atoms with E-state index in [0.717, 1.165) is 29.7 Å². The Hall–Kier alpha value is -3.20. The maximum atomic E-state index is 13.1. The number of nitrogens with zero attached hydrogens (tertiary/aromatic N) is 4. The fourth-order valence-electron chi connectivity index (χ4n) is 4.03. The number of fused-ring (bicyclic) bond motifs is 1. The summed E-state index contributed by atoms with van der Waals surface area (Å²) in [6.45, 7) is 4.11. The molecule has 158 valence electrons. The zero-order valence-electron chi connectivity index (χ0n) is 17.0. The molecule has 0 saturated carbocycles. The Balaban J connectivity index is 1.58. The van der Waals surface area contributed by atoms with Crippen LogP contribution in [0, 0.1) is 6.92 Å². The van der Waals surface area contributed by atoms with Gasteiger partial charge in [0.1, 0.15) is 12.4 Å². The number of aromatic nitrogens is 4. The summed E-state index contributed by atoms with van der Waals surface area (Å²) in [5.74, 6) is 0.710. The van der Waals surface area contributed by atoms with E-state index in [-0.39, 0.29) is 25.5 Å². The van der Waals surface area contributed by atoms with Crippen molar-refractivity contribution in [2.45, 2.75) is 45.4 Å². The van der Waals surface area contributed by atoms with Crippen molar-refractivity contribution in [3.63, 3.8) is 0 Å². The molecule has 0 spiro atoms. The zero-order valence-corrected chi connectivity index (χ0v) is 17.0. The number of imidazole rings is 1. The summed E-state index contributed by atoms with van der Waals surface area (Å²) in [4.78, 5) is 45.4. The Morgan fingerprint density at radius 3 is 2.80 bits per heavy atom. The largest absolute Gasteiger partial charge is 0.389 e. The van der Waals surface area contributed by atoms with E-state index < -0.39 is 23.4 Å². The lowest BCUT2D eigenvalue weighted by Crippen LogP contribution is -2.37. The molecule has 0 bridgehead atoms. The van der Waals surface area contributed by atoms with Gasteiger partial charge < -0.3 is 14.6 Å². The van der Waals surface area contributed by atoms with Crippen molar-refractivity contribution in [1.29, 1.82) is 0 Å². The number of hydrogen-bond acceptors (Lipinski definition) is 5. The number of aryl methyl sites for hydroxylation is 2. The summed E-state index contributed by atoms with van der Waals surface area (Å²) in [5.41, 5.74) is 1.09. The van der Waals surface area contributed by atoms with Crippen LogP contribution in [0.1, 0.15) is 30.8 Å². The van der Waals surface area contributed by atoms with Gasteiger partial charge in [0.05, 0.1) is 23.2 Å². The van der Waals surface area contributed by atoms with Crippen molar-refractivity contribution in [1.82, 2.24) is 24.0 Å². The van der Waals surface area contributed by atoms with Gasteiger partial charge in [0.2, 0.25) is 5.91 Å². The topological polar surface area (TPSA) is 113 Å². The molecule has 9 heteroatoms. The number of aliphatic hydroxyl groups is 1. The number of para-hydroxylation sites is 2. The molecule has 1 aliphatic rings. The van der Waals surface area contributed by atoms with Crippen molar-refractivity contribution in [3.8, 4) is 0 Å². The van der Waals surface area contributed by atoms with Gasteiger partial charge in [-0.3, -0.25) is 19.1 Å². The smallest absolute Gasteiger partial charge is 0.328 e. The Morgan fingerprint density at radius 1 is 1.27 bits per heavy atom. The molecule has 0 radical (unpaired) electrons. The van der Waals surface area contributed by atoms with Crippen LogP contribution in [0.25, 0.3) is 11.0 Å². The highest BCUT2D eigenvalue weighted by Gasteiger charge is 2.36. The van der Waals surface area contributed by atoms with Crippen LogP contribution in [0.5, 0.6) is 0 Å². The Morgan fingerprint density at radius 2 is 2.03 bits per heavy atom. The van der Waals surface area contributed by atoms with Crippen molar-refractivity contribution in [2.24, 2.45) is 0 Å². The van der Waals surface area contributed by atoms with E-state index in [1.807, 2.05) is 28.8 Å². The molecule has 0 aliphatic carbocycles. The minimum Gasteiger partial charge on any atom is -0.389 e. The second-order valence-corrected chi connectivity index (χ2v) is 7.76. The molecular formula is C21H25N5O4. The normalized spacial score (nSPS) is 19.0. The van der Waals surface area contributed by atoms with E-state index in [1.165, 1.54) is 10.8 Å². The minimum absolute atomic E-state index is 0.120. The number of aliphatic hydroxyl groups excluding tert-OH is 1. The van der Waals surface area contributed by atoms with Crippen molar-refractivity contribution < 1.29 is 9.90 Å². The number of carbonyl (C=O) groups is 1. The summed E-state index contributed by atoms with van der Waals surface area (Å²) in [6.07, 6.45) is 2.22. The quantitative estimate of drug-likeness (QED) is 0.638. The standard InChI is InChI=1S/C21H25N5O4/c1-3-6-18-22-14-7-4-5-8-15(14)25(18)12-19(28)24-10-16(17(27)11-24)26-9-13(2)20(29)23-21(26)30/h4-5,7-9,16-17,27H,3,6,10-12H2,1-2H3,(H,23,29,30)/t16-,17-/m1/s1. The SMILES string of the molecule is CCCc1nc2ccccc2n1CC(=O)N1C[C@@H](O)[C@H](n2cc(C)c(=O)[nH]c2=O)C1. The highest BCUT2D eigenvalue weighted by atomic mass is 16.3. The van der Waals surface area contributed by atoms with Crippen molar-refractivity contribution in [3.05, 3.63) is 62.7 Å². The molecule has 4 rings (SSSR count). The molecular weight excluding hydrogens is 386 g/mol. The number of amides is 1. The number of H-pyrrole nitrogens is 1. The number of β-amino-alcohol motifs (C(OH)–C–C–N with tert-alkyl or cyclic N) is 1. The molecule has 1 aromatic carbocycles. The predicted molar refractivity (Wildman–Crippen MR) is 111 cm³/mol. The maximum Gasteiger partial charge on any atom is 0.328 e. The number of likely N-dealkylation sites (tertiary alicyclic amines) is 1. The molecule has 30 heavy (non-hydrogen) atoms. The lowest BCUT2D eigenvalue weighted by atomic mass is 10.2. The van der Waals surface area contributed by atoms with Gasteiger partial charge in [0.15, 0.2) is 0 Å². The van der Waals surface area contributed by atoms with Crippen LogP contribution in [-0.4, -0.2) is 54.2 Å². The van der Waals surface area contributed by atoms with E-state index >= 15 is 0 Å². The third-order valence-corrected chi connectivity index (χ3v) is 5.62. The molecule has 3 heterocycles. The number of rotatable bonds is 5. The van der Waals surface area contributed by atoms with Crippen LogP contribution in [0.15, 0.2) is 40.1 Å². The fourth-order valence-corrected chi connectivity index (χ4v) is 4.03. The third kappa shape index (κ3) is 3.56.